The smallest absolute Gasteiger partial charge is 0.293 e. The zero-order valence-electron chi connectivity index (χ0n) is 18.4. The van der Waals surface area contributed by atoms with Crippen molar-refractivity contribution in [3.63, 3.8) is 0 Å². The molecule has 0 spiro atoms. The highest BCUT2D eigenvalue weighted by Gasteiger charge is 2.30. The molecule has 2 fully saturated rings. The van der Waals surface area contributed by atoms with Gasteiger partial charge in [-0.25, -0.2) is 8.42 Å². The number of anilines is 1. The Kier molecular flexibility index (Phi) is 6.78. The van der Waals surface area contributed by atoms with Gasteiger partial charge in [-0.1, -0.05) is 36.2 Å². The van der Waals surface area contributed by atoms with Crippen LogP contribution >= 0.6 is 0 Å². The number of nitro benzene ring substituents is 1. The predicted octanol–water partition coefficient (Wildman–Crippen LogP) is 3.40. The highest BCUT2D eigenvalue weighted by atomic mass is 32.2. The van der Waals surface area contributed by atoms with E-state index in [1.54, 1.807) is 6.07 Å². The molecular weight excluding hydrogens is 428 g/mol. The molecule has 0 unspecified atom stereocenters. The summed E-state index contributed by atoms with van der Waals surface area (Å²) in [5, 5.41) is 11.8. The topological polar surface area (TPSA) is 87.0 Å². The van der Waals surface area contributed by atoms with Gasteiger partial charge < -0.3 is 4.90 Å². The minimum Gasteiger partial charge on any atom is -0.363 e. The molecular formula is C23H30N4O4S. The first-order valence-corrected chi connectivity index (χ1v) is 12.6. The number of piperazine rings is 1. The largest absolute Gasteiger partial charge is 0.363 e. The van der Waals surface area contributed by atoms with Gasteiger partial charge in [0.1, 0.15) is 5.69 Å². The lowest BCUT2D eigenvalue weighted by Gasteiger charge is -2.36. The van der Waals surface area contributed by atoms with Gasteiger partial charge in [-0.2, -0.15) is 4.31 Å². The van der Waals surface area contributed by atoms with Crippen molar-refractivity contribution in [3.8, 4) is 0 Å². The molecule has 2 aromatic carbocycles. The van der Waals surface area contributed by atoms with Crippen LogP contribution in [0.5, 0.6) is 0 Å². The van der Waals surface area contributed by atoms with Crippen molar-refractivity contribution in [1.29, 1.82) is 0 Å². The number of benzene rings is 2. The minimum absolute atomic E-state index is 0.00735. The Balaban J connectivity index is 1.48. The first kappa shape index (κ1) is 22.7. The maximum atomic E-state index is 13.0. The standard InChI is InChI=1S/C23H30N4O4S/c1-19-6-5-7-20(16-19)18-24-12-14-25(15-13-24)22-9-8-21(17-23(22)27(28)29)32(30,31)26-10-3-2-4-11-26/h5-9,16-17H,2-4,10-15,18H2,1H3. The van der Waals surface area contributed by atoms with Crippen LogP contribution < -0.4 is 4.90 Å². The Bertz CT molecular complexity index is 1080. The number of nitro groups is 1. The third-order valence-corrected chi connectivity index (χ3v) is 8.19. The zero-order valence-corrected chi connectivity index (χ0v) is 19.3. The molecule has 2 heterocycles. The molecule has 0 N–H and O–H groups in total. The molecule has 32 heavy (non-hydrogen) atoms. The van der Waals surface area contributed by atoms with Crippen molar-refractivity contribution in [2.24, 2.45) is 0 Å². The summed E-state index contributed by atoms with van der Waals surface area (Å²) in [7, 11) is -3.71. The Morgan fingerprint density at radius 3 is 2.31 bits per heavy atom. The Morgan fingerprint density at radius 2 is 1.66 bits per heavy atom. The lowest BCUT2D eigenvalue weighted by Crippen LogP contribution is -2.46. The molecule has 0 aliphatic carbocycles. The summed E-state index contributed by atoms with van der Waals surface area (Å²) in [4.78, 5) is 15.7. The average Bonchev–Trinajstić information content (AvgIpc) is 2.80. The summed E-state index contributed by atoms with van der Waals surface area (Å²) in [6.07, 6.45) is 2.67. The first-order chi connectivity index (χ1) is 15.3. The predicted molar refractivity (Wildman–Crippen MR) is 124 cm³/mol. The Labute approximate surface area is 189 Å². The maximum Gasteiger partial charge on any atom is 0.293 e. The molecule has 0 saturated carbocycles. The van der Waals surface area contributed by atoms with Crippen LogP contribution in [0.15, 0.2) is 47.4 Å². The molecule has 0 amide bonds. The molecule has 172 valence electrons. The number of sulfonamides is 1. The second kappa shape index (κ2) is 9.56. The highest BCUT2D eigenvalue weighted by molar-refractivity contribution is 7.89. The van der Waals surface area contributed by atoms with Gasteiger partial charge in [-0.15, -0.1) is 0 Å². The molecule has 2 aromatic rings. The summed E-state index contributed by atoms with van der Waals surface area (Å²) in [5.74, 6) is 0. The SMILES string of the molecule is Cc1cccc(CN2CCN(c3ccc(S(=O)(=O)N4CCCCC4)cc3[N+](=O)[O-])CC2)c1. The number of hydrogen-bond acceptors (Lipinski definition) is 6. The van der Waals surface area contributed by atoms with Crippen LogP contribution in [0.4, 0.5) is 11.4 Å². The van der Waals surface area contributed by atoms with E-state index in [2.05, 4.69) is 36.1 Å². The lowest BCUT2D eigenvalue weighted by atomic mass is 10.1. The summed E-state index contributed by atoms with van der Waals surface area (Å²) in [6.45, 7) is 6.77. The number of aryl methyl sites for hydroxylation is 1. The third-order valence-electron chi connectivity index (χ3n) is 6.30. The van der Waals surface area contributed by atoms with Gasteiger partial charge >= 0.3 is 0 Å². The molecule has 2 aliphatic rings. The monoisotopic (exact) mass is 458 g/mol. The van der Waals surface area contributed by atoms with Crippen molar-refractivity contribution in [3.05, 3.63) is 63.7 Å². The summed E-state index contributed by atoms with van der Waals surface area (Å²) in [6, 6.07) is 12.8. The molecule has 0 atom stereocenters. The van der Waals surface area contributed by atoms with Crippen LogP contribution in [0.25, 0.3) is 0 Å². The van der Waals surface area contributed by atoms with E-state index in [4.69, 9.17) is 0 Å². The van der Waals surface area contributed by atoms with E-state index in [1.807, 2.05) is 4.90 Å². The second-order valence-corrected chi connectivity index (χ2v) is 10.6. The van der Waals surface area contributed by atoms with Crippen LogP contribution in [0.2, 0.25) is 0 Å². The molecule has 9 heteroatoms. The number of nitrogens with zero attached hydrogens (tertiary/aromatic N) is 4. The second-order valence-electron chi connectivity index (χ2n) is 8.62. The van der Waals surface area contributed by atoms with Crippen LogP contribution in [0, 0.1) is 17.0 Å². The van der Waals surface area contributed by atoms with E-state index in [1.165, 1.54) is 27.6 Å². The molecule has 8 nitrogen and oxygen atoms in total. The van der Waals surface area contributed by atoms with E-state index in [9.17, 15) is 18.5 Å². The van der Waals surface area contributed by atoms with E-state index < -0.39 is 14.9 Å². The number of rotatable bonds is 6. The molecule has 4 rings (SSSR count). The zero-order chi connectivity index (χ0) is 22.7. The van der Waals surface area contributed by atoms with Crippen molar-refractivity contribution in [2.75, 3.05) is 44.2 Å². The van der Waals surface area contributed by atoms with Crippen LogP contribution in [-0.2, 0) is 16.6 Å². The molecule has 0 radical (unpaired) electrons. The fraction of sp³-hybridized carbons (Fsp3) is 0.478. The van der Waals surface area contributed by atoms with Gasteiger partial charge in [0.05, 0.1) is 9.82 Å². The number of piperidine rings is 1. The quantitative estimate of drug-likeness (QED) is 0.487. The summed E-state index contributed by atoms with van der Waals surface area (Å²) < 4.78 is 27.4. The normalized spacial score (nSPS) is 18.6. The number of hydrogen-bond donors (Lipinski definition) is 0. The van der Waals surface area contributed by atoms with Crippen molar-refractivity contribution < 1.29 is 13.3 Å². The van der Waals surface area contributed by atoms with Crippen LogP contribution in [-0.4, -0.2) is 61.8 Å². The summed E-state index contributed by atoms with van der Waals surface area (Å²) in [5.41, 5.74) is 2.84. The van der Waals surface area contributed by atoms with Gasteiger partial charge in [0, 0.05) is 51.9 Å². The van der Waals surface area contributed by atoms with Gasteiger partial charge in [-0.3, -0.25) is 15.0 Å². The minimum atomic E-state index is -3.71. The fourth-order valence-electron chi connectivity index (χ4n) is 4.55. The van der Waals surface area contributed by atoms with E-state index in [0.717, 1.165) is 38.9 Å². The molecule has 0 aromatic heterocycles. The van der Waals surface area contributed by atoms with E-state index in [0.29, 0.717) is 31.9 Å². The van der Waals surface area contributed by atoms with Gasteiger partial charge in [-0.05, 0) is 37.5 Å². The van der Waals surface area contributed by atoms with Crippen molar-refractivity contribution in [2.45, 2.75) is 37.6 Å². The fourth-order valence-corrected chi connectivity index (χ4v) is 6.08. The molecule has 2 saturated heterocycles. The van der Waals surface area contributed by atoms with Gasteiger partial charge in [0.25, 0.3) is 5.69 Å². The van der Waals surface area contributed by atoms with Gasteiger partial charge in [0.2, 0.25) is 10.0 Å². The van der Waals surface area contributed by atoms with E-state index in [-0.39, 0.29) is 10.6 Å². The average molecular weight is 459 g/mol. The van der Waals surface area contributed by atoms with Gasteiger partial charge in [0.15, 0.2) is 0 Å². The van der Waals surface area contributed by atoms with Crippen molar-refractivity contribution >= 4 is 21.4 Å². The first-order valence-electron chi connectivity index (χ1n) is 11.2. The Hall–Kier alpha value is -2.49. The maximum absolute atomic E-state index is 13.0. The molecule has 2 aliphatic heterocycles. The summed E-state index contributed by atoms with van der Waals surface area (Å²) >= 11 is 0. The van der Waals surface area contributed by atoms with E-state index >= 15 is 0 Å². The lowest BCUT2D eigenvalue weighted by molar-refractivity contribution is -0.384. The van der Waals surface area contributed by atoms with Crippen LogP contribution in [0.3, 0.4) is 0 Å². The van der Waals surface area contributed by atoms with Crippen molar-refractivity contribution in [1.82, 2.24) is 9.21 Å². The third kappa shape index (κ3) is 4.95. The van der Waals surface area contributed by atoms with Crippen LogP contribution in [0.1, 0.15) is 30.4 Å². The molecule has 0 bridgehead atoms. The highest BCUT2D eigenvalue weighted by Crippen LogP contribution is 2.33. The Morgan fingerprint density at radius 1 is 0.938 bits per heavy atom.